The van der Waals surface area contributed by atoms with Crippen molar-refractivity contribution < 1.29 is 14.6 Å². The first-order valence-corrected chi connectivity index (χ1v) is 5.57. The maximum atomic E-state index is 11.3. The van der Waals surface area contributed by atoms with Crippen molar-refractivity contribution in [2.24, 2.45) is 0 Å². The summed E-state index contributed by atoms with van der Waals surface area (Å²) in [5.74, 6) is -0.252. The fourth-order valence-corrected chi connectivity index (χ4v) is 2.70. The number of esters is 1. The summed E-state index contributed by atoms with van der Waals surface area (Å²) < 4.78 is 4.68. The number of hydrogen-bond acceptors (Lipinski definition) is 4. The lowest BCUT2D eigenvalue weighted by molar-refractivity contribution is -0.136. The van der Waals surface area contributed by atoms with Crippen LogP contribution in [0.2, 0.25) is 0 Å². The molecule has 80 valence electrons. The zero-order chi connectivity index (χ0) is 10.8. The summed E-state index contributed by atoms with van der Waals surface area (Å²) in [6.07, 6.45) is 3.45. The highest BCUT2D eigenvalue weighted by Crippen LogP contribution is 2.31. The maximum absolute atomic E-state index is 11.3. The van der Waals surface area contributed by atoms with Gasteiger partial charge in [0, 0.05) is 15.3 Å². The van der Waals surface area contributed by atoms with E-state index in [1.54, 1.807) is 11.3 Å². The summed E-state index contributed by atoms with van der Waals surface area (Å²) in [5, 5.41) is 9.01. The first-order chi connectivity index (χ1) is 7.24. The standard InChI is InChI=1S/C11H12O3S/c1-14-11(13)7-2-3-10-8(4-7)5-9(6-12)15-10/h4-5,12H,2-3,6H2,1H3. The lowest BCUT2D eigenvalue weighted by Crippen LogP contribution is -2.08. The molecular formula is C11H12O3S. The van der Waals surface area contributed by atoms with E-state index in [-0.39, 0.29) is 12.6 Å². The van der Waals surface area contributed by atoms with Crippen LogP contribution < -0.4 is 0 Å². The maximum Gasteiger partial charge on any atom is 0.333 e. The first-order valence-electron chi connectivity index (χ1n) is 4.76. The minimum atomic E-state index is -0.252. The molecule has 0 atom stereocenters. The average molecular weight is 224 g/mol. The van der Waals surface area contributed by atoms with Gasteiger partial charge in [-0.3, -0.25) is 0 Å². The summed E-state index contributed by atoms with van der Waals surface area (Å²) in [4.78, 5) is 13.5. The number of aliphatic hydroxyl groups is 1. The van der Waals surface area contributed by atoms with E-state index in [4.69, 9.17) is 5.11 Å². The van der Waals surface area contributed by atoms with Gasteiger partial charge in [0.1, 0.15) is 0 Å². The molecule has 1 aliphatic carbocycles. The van der Waals surface area contributed by atoms with Crippen molar-refractivity contribution in [3.63, 3.8) is 0 Å². The Morgan fingerprint density at radius 1 is 1.60 bits per heavy atom. The molecule has 2 rings (SSSR count). The smallest absolute Gasteiger partial charge is 0.333 e. The molecule has 0 spiro atoms. The number of aliphatic hydroxyl groups excluding tert-OH is 1. The van der Waals surface area contributed by atoms with Crippen molar-refractivity contribution in [3.05, 3.63) is 27.0 Å². The van der Waals surface area contributed by atoms with E-state index in [0.29, 0.717) is 5.57 Å². The van der Waals surface area contributed by atoms with Gasteiger partial charge in [-0.2, -0.15) is 0 Å². The van der Waals surface area contributed by atoms with Gasteiger partial charge < -0.3 is 9.84 Å². The minimum Gasteiger partial charge on any atom is -0.466 e. The fourth-order valence-electron chi connectivity index (χ4n) is 1.70. The summed E-state index contributed by atoms with van der Waals surface area (Å²) in [6, 6.07) is 1.93. The number of carbonyl (C=O) groups excluding carboxylic acids is 1. The van der Waals surface area contributed by atoms with Gasteiger partial charge in [0.15, 0.2) is 0 Å². The van der Waals surface area contributed by atoms with E-state index in [1.165, 1.54) is 12.0 Å². The normalized spacial score (nSPS) is 14.4. The third kappa shape index (κ3) is 1.96. The molecule has 15 heavy (non-hydrogen) atoms. The molecule has 0 radical (unpaired) electrons. The quantitative estimate of drug-likeness (QED) is 0.778. The monoisotopic (exact) mass is 224 g/mol. The number of ether oxygens (including phenoxy) is 1. The number of fused-ring (bicyclic) bond motifs is 1. The number of thiophene rings is 1. The Labute approximate surface area is 92.0 Å². The SMILES string of the molecule is COC(=O)C1=Cc2cc(CO)sc2CC1. The summed E-state index contributed by atoms with van der Waals surface area (Å²) in [7, 11) is 1.39. The van der Waals surface area contributed by atoms with Gasteiger partial charge in [-0.15, -0.1) is 11.3 Å². The van der Waals surface area contributed by atoms with Gasteiger partial charge in [0.2, 0.25) is 0 Å². The lowest BCUT2D eigenvalue weighted by atomic mass is 9.99. The zero-order valence-corrected chi connectivity index (χ0v) is 9.26. The van der Waals surface area contributed by atoms with Gasteiger partial charge in [-0.05, 0) is 30.5 Å². The molecule has 0 fully saturated rings. The van der Waals surface area contributed by atoms with Gasteiger partial charge in [-0.1, -0.05) is 0 Å². The van der Waals surface area contributed by atoms with Crippen LogP contribution in [0.15, 0.2) is 11.6 Å². The Morgan fingerprint density at radius 3 is 3.07 bits per heavy atom. The van der Waals surface area contributed by atoms with Crippen LogP contribution in [0.1, 0.15) is 21.7 Å². The van der Waals surface area contributed by atoms with Crippen LogP contribution >= 0.6 is 11.3 Å². The Kier molecular flexibility index (Phi) is 2.88. The topological polar surface area (TPSA) is 46.5 Å². The molecule has 0 unspecified atom stereocenters. The zero-order valence-electron chi connectivity index (χ0n) is 8.45. The van der Waals surface area contributed by atoms with Crippen molar-refractivity contribution in [3.8, 4) is 0 Å². The highest BCUT2D eigenvalue weighted by Gasteiger charge is 2.18. The van der Waals surface area contributed by atoms with Gasteiger partial charge in [0.25, 0.3) is 0 Å². The third-order valence-electron chi connectivity index (χ3n) is 2.45. The van der Waals surface area contributed by atoms with Crippen LogP contribution in [-0.4, -0.2) is 18.2 Å². The molecule has 0 amide bonds. The van der Waals surface area contributed by atoms with Gasteiger partial charge >= 0.3 is 5.97 Å². The van der Waals surface area contributed by atoms with Crippen LogP contribution in [-0.2, 0) is 22.6 Å². The first kappa shape index (κ1) is 10.4. The number of rotatable bonds is 2. The summed E-state index contributed by atoms with van der Waals surface area (Å²) >= 11 is 1.61. The number of hydrogen-bond donors (Lipinski definition) is 1. The highest BCUT2D eigenvalue weighted by molar-refractivity contribution is 7.12. The average Bonchev–Trinajstić information content (AvgIpc) is 2.69. The molecule has 4 heteroatoms. The largest absolute Gasteiger partial charge is 0.466 e. The fraction of sp³-hybridized carbons (Fsp3) is 0.364. The van der Waals surface area contributed by atoms with Crippen LogP contribution in [0, 0.1) is 0 Å². The van der Waals surface area contributed by atoms with E-state index in [0.717, 1.165) is 23.3 Å². The number of aryl methyl sites for hydroxylation is 1. The van der Waals surface area contributed by atoms with E-state index in [2.05, 4.69) is 4.74 Å². The predicted octanol–water partition coefficient (Wildman–Crippen LogP) is 1.74. The molecule has 0 saturated carbocycles. The Hall–Kier alpha value is -1.13. The van der Waals surface area contributed by atoms with Crippen LogP contribution in [0.25, 0.3) is 6.08 Å². The molecule has 0 aromatic carbocycles. The van der Waals surface area contributed by atoms with Crippen LogP contribution in [0.3, 0.4) is 0 Å². The lowest BCUT2D eigenvalue weighted by Gasteiger charge is -2.10. The molecule has 1 aromatic rings. The second-order valence-electron chi connectivity index (χ2n) is 3.41. The molecule has 0 saturated heterocycles. The molecule has 0 bridgehead atoms. The Balaban J connectivity index is 2.32. The van der Waals surface area contributed by atoms with E-state index >= 15 is 0 Å². The van der Waals surface area contributed by atoms with Crippen molar-refractivity contribution in [1.82, 2.24) is 0 Å². The Morgan fingerprint density at radius 2 is 2.40 bits per heavy atom. The molecule has 1 aliphatic rings. The number of carbonyl (C=O) groups is 1. The third-order valence-corrected chi connectivity index (χ3v) is 3.64. The number of methoxy groups -OCH3 is 1. The van der Waals surface area contributed by atoms with Crippen molar-refractivity contribution in [2.75, 3.05) is 7.11 Å². The molecule has 1 heterocycles. The summed E-state index contributed by atoms with van der Waals surface area (Å²) in [5.41, 5.74) is 1.77. The van der Waals surface area contributed by atoms with Crippen molar-refractivity contribution >= 4 is 23.4 Å². The van der Waals surface area contributed by atoms with Crippen molar-refractivity contribution in [2.45, 2.75) is 19.4 Å². The predicted molar refractivity (Wildman–Crippen MR) is 58.6 cm³/mol. The second kappa shape index (κ2) is 4.16. The minimum absolute atomic E-state index is 0.0685. The molecule has 1 N–H and O–H groups in total. The molecule has 3 nitrogen and oxygen atoms in total. The molecule has 0 aliphatic heterocycles. The van der Waals surface area contributed by atoms with E-state index < -0.39 is 0 Å². The second-order valence-corrected chi connectivity index (χ2v) is 4.63. The summed E-state index contributed by atoms with van der Waals surface area (Å²) in [6.45, 7) is 0.0685. The van der Waals surface area contributed by atoms with E-state index in [1.807, 2.05) is 12.1 Å². The molecular weight excluding hydrogens is 212 g/mol. The van der Waals surface area contributed by atoms with Gasteiger partial charge in [0.05, 0.1) is 13.7 Å². The molecule has 1 aromatic heterocycles. The van der Waals surface area contributed by atoms with Gasteiger partial charge in [-0.25, -0.2) is 4.79 Å². The Bertz CT molecular complexity index is 417. The highest BCUT2D eigenvalue weighted by atomic mass is 32.1. The van der Waals surface area contributed by atoms with E-state index in [9.17, 15) is 4.79 Å². The van der Waals surface area contributed by atoms with Crippen LogP contribution in [0.5, 0.6) is 0 Å². The van der Waals surface area contributed by atoms with Crippen molar-refractivity contribution in [1.29, 1.82) is 0 Å². The van der Waals surface area contributed by atoms with Crippen LogP contribution in [0.4, 0.5) is 0 Å².